The molecule has 0 fully saturated rings. The molecule has 1 heterocycles. The molecule has 126 valence electrons. The zero-order chi connectivity index (χ0) is 17.6. The molecule has 0 unspecified atom stereocenters. The number of carbonyl (C=O) groups is 1. The van der Waals surface area contributed by atoms with Gasteiger partial charge in [0, 0.05) is 18.3 Å². The summed E-state index contributed by atoms with van der Waals surface area (Å²) in [6.45, 7) is 0.480. The molecule has 25 heavy (non-hydrogen) atoms. The quantitative estimate of drug-likeness (QED) is 0.751. The monoisotopic (exact) mass is 336 g/mol. The van der Waals surface area contributed by atoms with Crippen LogP contribution in [0.2, 0.25) is 0 Å². The Labute approximate surface area is 144 Å². The lowest BCUT2D eigenvalue weighted by Gasteiger charge is -2.08. The van der Waals surface area contributed by atoms with E-state index in [-0.39, 0.29) is 28.9 Å². The van der Waals surface area contributed by atoms with Crippen molar-refractivity contribution in [3.8, 4) is 11.4 Å². The molecular weight excluding hydrogens is 319 g/mol. The summed E-state index contributed by atoms with van der Waals surface area (Å²) in [5, 5.41) is 2.80. The van der Waals surface area contributed by atoms with E-state index in [4.69, 9.17) is 5.73 Å². The second-order valence-electron chi connectivity index (χ2n) is 5.49. The first-order chi connectivity index (χ1) is 12.1. The van der Waals surface area contributed by atoms with Crippen LogP contribution in [0.5, 0.6) is 0 Å². The first-order valence-corrected chi connectivity index (χ1v) is 7.84. The van der Waals surface area contributed by atoms with Gasteiger partial charge < -0.3 is 11.1 Å². The Morgan fingerprint density at radius 2 is 1.92 bits per heavy atom. The molecule has 3 aromatic rings. The van der Waals surface area contributed by atoms with Gasteiger partial charge in [-0.15, -0.1) is 0 Å². The lowest BCUT2D eigenvalue weighted by molar-refractivity contribution is 0.0954. The van der Waals surface area contributed by atoms with Gasteiger partial charge in [-0.3, -0.25) is 4.79 Å². The molecule has 0 radical (unpaired) electrons. The van der Waals surface area contributed by atoms with Crippen molar-refractivity contribution >= 4 is 11.7 Å². The topological polar surface area (TPSA) is 80.9 Å². The van der Waals surface area contributed by atoms with E-state index in [1.54, 1.807) is 12.1 Å². The molecule has 0 bridgehead atoms. The molecule has 0 saturated heterocycles. The molecule has 5 nitrogen and oxygen atoms in total. The number of nitrogens with one attached hydrogen (secondary N) is 1. The highest BCUT2D eigenvalue weighted by Gasteiger charge is 2.13. The fraction of sp³-hybridized carbons (Fsp3) is 0.105. The van der Waals surface area contributed by atoms with Crippen molar-refractivity contribution in [2.45, 2.75) is 6.42 Å². The van der Waals surface area contributed by atoms with E-state index in [2.05, 4.69) is 15.3 Å². The highest BCUT2D eigenvalue weighted by molar-refractivity contribution is 5.98. The molecule has 1 aromatic heterocycles. The Hall–Kier alpha value is -3.28. The highest BCUT2D eigenvalue weighted by Crippen LogP contribution is 2.18. The van der Waals surface area contributed by atoms with Crippen LogP contribution < -0.4 is 11.1 Å². The van der Waals surface area contributed by atoms with Gasteiger partial charge in [-0.05, 0) is 24.1 Å². The molecule has 0 aliphatic rings. The lowest BCUT2D eigenvalue weighted by Crippen LogP contribution is -2.27. The molecule has 0 aliphatic carbocycles. The summed E-state index contributed by atoms with van der Waals surface area (Å²) in [5.41, 5.74) is 7.71. The number of nitrogens with two attached hydrogens (primary N) is 1. The van der Waals surface area contributed by atoms with Crippen LogP contribution in [0.15, 0.2) is 60.8 Å². The number of nitrogen functional groups attached to an aromatic ring is 1. The number of hydrogen-bond donors (Lipinski definition) is 2. The summed E-state index contributed by atoms with van der Waals surface area (Å²) in [7, 11) is 0. The minimum absolute atomic E-state index is 0.0615. The standard InChI is InChI=1S/C19H17FN4O/c20-15-8-4-7-14(11-15)18-23-12-16(17(21)24-18)19(25)22-10-9-13-5-2-1-3-6-13/h1-8,11-12H,9-10H2,(H,22,25)(H2,21,23,24). The Morgan fingerprint density at radius 3 is 2.64 bits per heavy atom. The Kier molecular flexibility index (Phi) is 4.99. The number of hydrogen-bond acceptors (Lipinski definition) is 4. The summed E-state index contributed by atoms with van der Waals surface area (Å²) in [6.07, 6.45) is 2.08. The first-order valence-electron chi connectivity index (χ1n) is 7.84. The first kappa shape index (κ1) is 16.6. The van der Waals surface area contributed by atoms with Gasteiger partial charge in [-0.1, -0.05) is 42.5 Å². The highest BCUT2D eigenvalue weighted by atomic mass is 19.1. The maximum Gasteiger partial charge on any atom is 0.256 e. The third kappa shape index (κ3) is 4.17. The second-order valence-corrected chi connectivity index (χ2v) is 5.49. The van der Waals surface area contributed by atoms with E-state index < -0.39 is 0 Å². The fourth-order valence-corrected chi connectivity index (χ4v) is 2.40. The molecule has 0 saturated carbocycles. The van der Waals surface area contributed by atoms with Crippen molar-refractivity contribution < 1.29 is 9.18 Å². The van der Waals surface area contributed by atoms with Crippen molar-refractivity contribution in [3.63, 3.8) is 0 Å². The number of benzene rings is 2. The summed E-state index contributed by atoms with van der Waals surface area (Å²) < 4.78 is 13.3. The SMILES string of the molecule is Nc1nc(-c2cccc(F)c2)ncc1C(=O)NCCc1ccccc1. The number of rotatable bonds is 5. The van der Waals surface area contributed by atoms with Crippen LogP contribution in [-0.4, -0.2) is 22.4 Å². The van der Waals surface area contributed by atoms with E-state index in [0.717, 1.165) is 5.56 Å². The Bertz CT molecular complexity index is 884. The Morgan fingerprint density at radius 1 is 1.12 bits per heavy atom. The summed E-state index contributed by atoms with van der Waals surface area (Å²) >= 11 is 0. The molecular formula is C19H17FN4O. The average molecular weight is 336 g/mol. The molecule has 6 heteroatoms. The summed E-state index contributed by atoms with van der Waals surface area (Å²) in [5.74, 6) is -0.383. The Balaban J connectivity index is 1.67. The molecule has 2 aromatic carbocycles. The molecule has 3 N–H and O–H groups in total. The fourth-order valence-electron chi connectivity index (χ4n) is 2.40. The van der Waals surface area contributed by atoms with Crippen LogP contribution >= 0.6 is 0 Å². The van der Waals surface area contributed by atoms with E-state index in [9.17, 15) is 9.18 Å². The minimum Gasteiger partial charge on any atom is -0.383 e. The van der Waals surface area contributed by atoms with Crippen molar-refractivity contribution in [2.24, 2.45) is 0 Å². The number of nitrogens with zero attached hydrogens (tertiary/aromatic N) is 2. The predicted molar refractivity (Wildman–Crippen MR) is 94.3 cm³/mol. The van der Waals surface area contributed by atoms with E-state index in [0.29, 0.717) is 18.5 Å². The van der Waals surface area contributed by atoms with Crippen molar-refractivity contribution in [1.29, 1.82) is 0 Å². The van der Waals surface area contributed by atoms with Crippen LogP contribution in [0.25, 0.3) is 11.4 Å². The number of carbonyl (C=O) groups excluding carboxylic acids is 1. The zero-order valence-electron chi connectivity index (χ0n) is 13.4. The smallest absolute Gasteiger partial charge is 0.256 e. The summed E-state index contributed by atoms with van der Waals surface area (Å²) in [6, 6.07) is 15.7. The molecule has 0 atom stereocenters. The van der Waals surface area contributed by atoms with Gasteiger partial charge in [-0.25, -0.2) is 14.4 Å². The predicted octanol–water partition coefficient (Wildman–Crippen LogP) is 2.84. The summed E-state index contributed by atoms with van der Waals surface area (Å²) in [4.78, 5) is 20.5. The van der Waals surface area contributed by atoms with Gasteiger partial charge in [0.1, 0.15) is 11.6 Å². The number of aromatic nitrogens is 2. The maximum atomic E-state index is 13.3. The lowest BCUT2D eigenvalue weighted by atomic mass is 10.1. The van der Waals surface area contributed by atoms with Gasteiger partial charge in [-0.2, -0.15) is 0 Å². The molecule has 0 aliphatic heterocycles. The number of halogens is 1. The third-order valence-corrected chi connectivity index (χ3v) is 3.69. The van der Waals surface area contributed by atoms with Crippen molar-refractivity contribution in [2.75, 3.05) is 12.3 Å². The van der Waals surface area contributed by atoms with Crippen LogP contribution in [0.1, 0.15) is 15.9 Å². The van der Waals surface area contributed by atoms with Crippen LogP contribution in [0.4, 0.5) is 10.2 Å². The van der Waals surface area contributed by atoms with Gasteiger partial charge in [0.2, 0.25) is 0 Å². The largest absolute Gasteiger partial charge is 0.383 e. The van der Waals surface area contributed by atoms with E-state index >= 15 is 0 Å². The van der Waals surface area contributed by atoms with Gasteiger partial charge in [0.25, 0.3) is 5.91 Å². The van der Waals surface area contributed by atoms with Gasteiger partial charge in [0.15, 0.2) is 5.82 Å². The van der Waals surface area contributed by atoms with Crippen molar-refractivity contribution in [3.05, 3.63) is 77.7 Å². The average Bonchev–Trinajstić information content (AvgIpc) is 2.62. The third-order valence-electron chi connectivity index (χ3n) is 3.69. The second kappa shape index (κ2) is 7.53. The molecule has 3 rings (SSSR count). The van der Waals surface area contributed by atoms with Gasteiger partial charge in [0.05, 0.1) is 5.56 Å². The maximum absolute atomic E-state index is 13.3. The van der Waals surface area contributed by atoms with E-state index in [1.165, 1.54) is 18.3 Å². The number of anilines is 1. The van der Waals surface area contributed by atoms with Crippen molar-refractivity contribution in [1.82, 2.24) is 15.3 Å². The van der Waals surface area contributed by atoms with Gasteiger partial charge >= 0.3 is 0 Å². The van der Waals surface area contributed by atoms with E-state index in [1.807, 2.05) is 30.3 Å². The minimum atomic E-state index is -0.387. The zero-order valence-corrected chi connectivity index (χ0v) is 13.4. The van der Waals surface area contributed by atoms with Crippen LogP contribution in [-0.2, 0) is 6.42 Å². The van der Waals surface area contributed by atoms with Crippen LogP contribution in [0.3, 0.4) is 0 Å². The number of amides is 1. The normalized spacial score (nSPS) is 10.4. The molecule has 0 spiro atoms. The van der Waals surface area contributed by atoms with Crippen LogP contribution in [0, 0.1) is 5.82 Å². The molecule has 1 amide bonds.